The number of aryl methyl sites for hydroxylation is 1. The normalized spacial score (nSPS) is 13.3. The van der Waals surface area contributed by atoms with E-state index in [0.29, 0.717) is 28.2 Å². The van der Waals surface area contributed by atoms with Crippen molar-refractivity contribution >= 4 is 34.0 Å². The SMILES string of the molecule is CC(C)COc1ccc(-c2nnc(SCC(=O)Nc3sc4c(c3C#N)CCCCC4)n2C)cc1. The maximum atomic E-state index is 12.7. The van der Waals surface area contributed by atoms with E-state index >= 15 is 0 Å². The monoisotopic (exact) mass is 495 g/mol. The molecule has 0 unspecified atom stereocenters. The number of hydrogen-bond acceptors (Lipinski definition) is 7. The van der Waals surface area contributed by atoms with Gasteiger partial charge in [-0.15, -0.1) is 21.5 Å². The van der Waals surface area contributed by atoms with Crippen molar-refractivity contribution in [3.63, 3.8) is 0 Å². The predicted octanol–water partition coefficient (Wildman–Crippen LogP) is 5.45. The lowest BCUT2D eigenvalue weighted by Gasteiger charge is -2.09. The van der Waals surface area contributed by atoms with E-state index in [-0.39, 0.29) is 11.7 Å². The van der Waals surface area contributed by atoms with Gasteiger partial charge in [0.1, 0.15) is 16.8 Å². The summed E-state index contributed by atoms with van der Waals surface area (Å²) in [6.07, 6.45) is 5.35. The molecule has 1 aliphatic rings. The number of nitrogens with one attached hydrogen (secondary N) is 1. The molecule has 0 spiro atoms. The van der Waals surface area contributed by atoms with Gasteiger partial charge in [-0.1, -0.05) is 32.0 Å². The third-order valence-electron chi connectivity index (χ3n) is 5.65. The van der Waals surface area contributed by atoms with Crippen LogP contribution < -0.4 is 10.1 Å². The van der Waals surface area contributed by atoms with Gasteiger partial charge in [-0.25, -0.2) is 0 Å². The minimum Gasteiger partial charge on any atom is -0.493 e. The van der Waals surface area contributed by atoms with Crippen molar-refractivity contribution in [1.29, 1.82) is 5.26 Å². The summed E-state index contributed by atoms with van der Waals surface area (Å²) in [5.74, 6) is 2.08. The number of benzene rings is 1. The molecule has 0 fully saturated rings. The summed E-state index contributed by atoms with van der Waals surface area (Å²) in [6.45, 7) is 4.91. The summed E-state index contributed by atoms with van der Waals surface area (Å²) in [6, 6.07) is 10.1. The summed E-state index contributed by atoms with van der Waals surface area (Å²) in [7, 11) is 1.89. The summed E-state index contributed by atoms with van der Waals surface area (Å²) < 4.78 is 7.63. The molecule has 1 aliphatic carbocycles. The molecular weight excluding hydrogens is 466 g/mol. The maximum Gasteiger partial charge on any atom is 0.235 e. The number of anilines is 1. The van der Waals surface area contributed by atoms with Crippen LogP contribution in [0.4, 0.5) is 5.00 Å². The first-order valence-corrected chi connectivity index (χ1v) is 13.4. The van der Waals surface area contributed by atoms with Crippen molar-refractivity contribution in [2.45, 2.75) is 51.1 Å². The van der Waals surface area contributed by atoms with E-state index in [9.17, 15) is 10.1 Å². The van der Waals surface area contributed by atoms with Crippen molar-refractivity contribution in [2.24, 2.45) is 13.0 Å². The number of carbonyl (C=O) groups is 1. The molecule has 0 aliphatic heterocycles. The molecule has 7 nitrogen and oxygen atoms in total. The Morgan fingerprint density at radius 2 is 2.00 bits per heavy atom. The van der Waals surface area contributed by atoms with E-state index in [4.69, 9.17) is 4.74 Å². The van der Waals surface area contributed by atoms with Crippen LogP contribution in [-0.2, 0) is 24.7 Å². The van der Waals surface area contributed by atoms with Crippen LogP contribution in [0.5, 0.6) is 5.75 Å². The van der Waals surface area contributed by atoms with Crippen molar-refractivity contribution in [1.82, 2.24) is 14.8 Å². The van der Waals surface area contributed by atoms with E-state index in [0.717, 1.165) is 48.4 Å². The van der Waals surface area contributed by atoms with E-state index < -0.39 is 0 Å². The molecule has 34 heavy (non-hydrogen) atoms. The first-order chi connectivity index (χ1) is 16.5. The van der Waals surface area contributed by atoms with E-state index in [1.807, 2.05) is 35.9 Å². The molecule has 1 aromatic carbocycles. The minimum atomic E-state index is -0.144. The van der Waals surface area contributed by atoms with Crippen molar-refractivity contribution < 1.29 is 9.53 Å². The topological polar surface area (TPSA) is 92.8 Å². The Hall–Kier alpha value is -2.83. The molecule has 3 aromatic rings. The highest BCUT2D eigenvalue weighted by molar-refractivity contribution is 7.99. The quantitative estimate of drug-likeness (QED) is 0.330. The zero-order valence-electron chi connectivity index (χ0n) is 19.8. The van der Waals surface area contributed by atoms with E-state index in [1.54, 1.807) is 11.3 Å². The zero-order valence-corrected chi connectivity index (χ0v) is 21.4. The molecule has 2 aromatic heterocycles. The van der Waals surface area contributed by atoms with Gasteiger partial charge in [0.05, 0.1) is 17.9 Å². The lowest BCUT2D eigenvalue weighted by Crippen LogP contribution is -2.14. The number of carbonyl (C=O) groups excluding carboxylic acids is 1. The van der Waals surface area contributed by atoms with Gasteiger partial charge in [0.15, 0.2) is 11.0 Å². The van der Waals surface area contributed by atoms with Crippen LogP contribution in [0.25, 0.3) is 11.4 Å². The first-order valence-electron chi connectivity index (χ1n) is 11.6. The molecule has 9 heteroatoms. The van der Waals surface area contributed by atoms with Crippen LogP contribution in [0.2, 0.25) is 0 Å². The van der Waals surface area contributed by atoms with Crippen LogP contribution in [0.3, 0.4) is 0 Å². The Balaban J connectivity index is 1.38. The molecule has 1 amide bonds. The highest BCUT2D eigenvalue weighted by atomic mass is 32.2. The molecule has 0 saturated carbocycles. The fraction of sp³-hybridized carbons (Fsp3) is 0.440. The van der Waals surface area contributed by atoms with Gasteiger partial charge in [0, 0.05) is 17.5 Å². The van der Waals surface area contributed by atoms with Crippen LogP contribution in [0.1, 0.15) is 49.1 Å². The summed E-state index contributed by atoms with van der Waals surface area (Å²) in [5, 5.41) is 22.5. The second-order valence-corrected chi connectivity index (χ2v) is 10.9. The van der Waals surface area contributed by atoms with Gasteiger partial charge < -0.3 is 14.6 Å². The molecule has 0 saturated heterocycles. The maximum absolute atomic E-state index is 12.7. The third kappa shape index (κ3) is 5.62. The predicted molar refractivity (Wildman–Crippen MR) is 136 cm³/mol. The van der Waals surface area contributed by atoms with Gasteiger partial charge in [-0.05, 0) is 61.4 Å². The van der Waals surface area contributed by atoms with Gasteiger partial charge >= 0.3 is 0 Å². The second-order valence-electron chi connectivity index (χ2n) is 8.81. The molecule has 2 heterocycles. The second kappa shape index (κ2) is 11.1. The molecule has 0 atom stereocenters. The van der Waals surface area contributed by atoms with E-state index in [2.05, 4.69) is 35.4 Å². The molecule has 0 radical (unpaired) electrons. The molecule has 4 rings (SSSR count). The third-order valence-corrected chi connectivity index (χ3v) is 7.88. The lowest BCUT2D eigenvalue weighted by atomic mass is 10.1. The average Bonchev–Trinajstić information content (AvgIpc) is 3.26. The van der Waals surface area contributed by atoms with Crippen LogP contribution in [0, 0.1) is 17.2 Å². The number of rotatable bonds is 8. The molecule has 0 bridgehead atoms. The zero-order chi connectivity index (χ0) is 24.1. The average molecular weight is 496 g/mol. The molecular formula is C25H29N5O2S2. The largest absolute Gasteiger partial charge is 0.493 e. The van der Waals surface area contributed by atoms with Crippen molar-refractivity contribution in [3.8, 4) is 23.2 Å². The smallest absolute Gasteiger partial charge is 0.235 e. The number of nitrogens with zero attached hydrogens (tertiary/aromatic N) is 4. The molecule has 1 N–H and O–H groups in total. The van der Waals surface area contributed by atoms with Crippen LogP contribution >= 0.6 is 23.1 Å². The van der Waals surface area contributed by atoms with Crippen molar-refractivity contribution in [3.05, 3.63) is 40.3 Å². The van der Waals surface area contributed by atoms with Gasteiger partial charge in [0.25, 0.3) is 0 Å². The van der Waals surface area contributed by atoms with Crippen molar-refractivity contribution in [2.75, 3.05) is 17.7 Å². The minimum absolute atomic E-state index is 0.144. The molecule has 178 valence electrons. The van der Waals surface area contributed by atoms with Crippen LogP contribution in [-0.4, -0.2) is 33.0 Å². The Kier molecular flexibility index (Phi) is 7.91. The number of hydrogen-bond donors (Lipinski definition) is 1. The Bertz CT molecular complexity index is 1190. The Morgan fingerprint density at radius 3 is 2.74 bits per heavy atom. The Morgan fingerprint density at radius 1 is 1.24 bits per heavy atom. The number of fused-ring (bicyclic) bond motifs is 1. The Labute approximate surface area is 208 Å². The highest BCUT2D eigenvalue weighted by Gasteiger charge is 2.21. The number of thiophene rings is 1. The number of aromatic nitrogens is 3. The van der Waals surface area contributed by atoms with Gasteiger partial charge in [-0.2, -0.15) is 5.26 Å². The number of ether oxygens (including phenoxy) is 1. The fourth-order valence-electron chi connectivity index (χ4n) is 3.90. The number of nitriles is 1. The summed E-state index contributed by atoms with van der Waals surface area (Å²) >= 11 is 2.88. The highest BCUT2D eigenvalue weighted by Crippen LogP contribution is 2.37. The van der Waals surface area contributed by atoms with Crippen LogP contribution in [0.15, 0.2) is 29.4 Å². The number of amides is 1. The van der Waals surface area contributed by atoms with Gasteiger partial charge in [0.2, 0.25) is 5.91 Å². The van der Waals surface area contributed by atoms with E-state index in [1.165, 1.54) is 23.1 Å². The number of thioether (sulfide) groups is 1. The lowest BCUT2D eigenvalue weighted by molar-refractivity contribution is -0.113. The summed E-state index contributed by atoms with van der Waals surface area (Å²) in [5.41, 5.74) is 2.70. The fourth-order valence-corrected chi connectivity index (χ4v) is 5.86. The standard InChI is InChI=1S/C25H29N5O2S2/c1-16(2)14-32-18-11-9-17(10-12-18)23-28-29-25(30(23)3)33-15-22(31)27-24-20(13-26)19-7-5-4-6-8-21(19)34-24/h9-12,16H,4-8,14-15H2,1-3H3,(H,27,31). The first kappa shape index (κ1) is 24.3. The summed E-state index contributed by atoms with van der Waals surface area (Å²) in [4.78, 5) is 13.9. The van der Waals surface area contributed by atoms with Gasteiger partial charge in [-0.3, -0.25) is 4.79 Å².